The molecule has 0 unspecified atom stereocenters. The van der Waals surface area contributed by atoms with E-state index >= 15 is 0 Å². The van der Waals surface area contributed by atoms with Crippen molar-refractivity contribution in [2.45, 2.75) is 19.8 Å². The molecule has 0 atom stereocenters. The smallest absolute Gasteiger partial charge is 0.286 e. The molecule has 0 aliphatic carbocycles. The first-order valence-electron chi connectivity index (χ1n) is 7.86. The van der Waals surface area contributed by atoms with Crippen molar-refractivity contribution < 1.29 is 14.0 Å². The van der Waals surface area contributed by atoms with Gasteiger partial charge in [0.25, 0.3) is 11.8 Å². The number of halogens is 1. The van der Waals surface area contributed by atoms with Gasteiger partial charge in [0, 0.05) is 12.2 Å². The lowest BCUT2D eigenvalue weighted by molar-refractivity contribution is 0.0951. The van der Waals surface area contributed by atoms with Gasteiger partial charge in [-0.1, -0.05) is 18.3 Å². The van der Waals surface area contributed by atoms with Crippen molar-refractivity contribution in [1.29, 1.82) is 0 Å². The van der Waals surface area contributed by atoms with Gasteiger partial charge in [0.2, 0.25) is 10.0 Å². The number of thioether (sulfide) groups is 1. The predicted molar refractivity (Wildman–Crippen MR) is 98.8 cm³/mol. The van der Waals surface area contributed by atoms with Gasteiger partial charge < -0.3 is 10.6 Å². The summed E-state index contributed by atoms with van der Waals surface area (Å²) in [5.41, 5.74) is 0.442. The van der Waals surface area contributed by atoms with E-state index in [-0.39, 0.29) is 21.7 Å². The van der Waals surface area contributed by atoms with Gasteiger partial charge in [-0.25, -0.2) is 4.39 Å². The van der Waals surface area contributed by atoms with Crippen molar-refractivity contribution in [3.63, 3.8) is 0 Å². The van der Waals surface area contributed by atoms with Gasteiger partial charge in [0.1, 0.15) is 5.82 Å². The van der Waals surface area contributed by atoms with E-state index in [1.54, 1.807) is 0 Å². The third-order valence-corrected chi connectivity index (χ3v) is 5.21. The predicted octanol–water partition coefficient (Wildman–Crippen LogP) is 3.19. The second kappa shape index (κ2) is 10.1. The average molecular weight is 382 g/mol. The van der Waals surface area contributed by atoms with Gasteiger partial charge in [0.15, 0.2) is 0 Å². The monoisotopic (exact) mass is 382 g/mol. The Morgan fingerprint density at radius 3 is 2.48 bits per heavy atom. The van der Waals surface area contributed by atoms with Crippen LogP contribution in [0.15, 0.2) is 24.3 Å². The summed E-state index contributed by atoms with van der Waals surface area (Å²) in [5.74, 6) is 0.908. The molecule has 1 aromatic carbocycles. The summed E-state index contributed by atoms with van der Waals surface area (Å²) in [6.45, 7) is 2.69. The second-order valence-electron chi connectivity index (χ2n) is 5.10. The standard InChI is InChI=1S/C16H19FN4O2S2/c1-2-9-24-10-3-8-18-13(22)15-20-21-16(25-15)14(23)19-12-6-4-11(17)5-7-12/h4-7H,2-3,8-10H2,1H3,(H,18,22)(H,19,23). The van der Waals surface area contributed by atoms with Gasteiger partial charge in [-0.3, -0.25) is 9.59 Å². The van der Waals surface area contributed by atoms with E-state index in [1.807, 2.05) is 11.8 Å². The van der Waals surface area contributed by atoms with Crippen LogP contribution in [0, 0.1) is 5.82 Å². The number of nitrogens with one attached hydrogen (secondary N) is 2. The minimum atomic E-state index is -0.487. The molecule has 2 aromatic rings. The highest BCUT2D eigenvalue weighted by Gasteiger charge is 2.17. The van der Waals surface area contributed by atoms with E-state index in [2.05, 4.69) is 27.8 Å². The van der Waals surface area contributed by atoms with Gasteiger partial charge >= 0.3 is 0 Å². The Morgan fingerprint density at radius 2 is 1.80 bits per heavy atom. The van der Waals surface area contributed by atoms with Crippen molar-refractivity contribution >= 4 is 40.6 Å². The fourth-order valence-electron chi connectivity index (χ4n) is 1.82. The van der Waals surface area contributed by atoms with Crippen LogP contribution in [0.25, 0.3) is 0 Å². The maximum Gasteiger partial charge on any atom is 0.286 e. The molecule has 0 radical (unpaired) electrons. The molecule has 1 aromatic heterocycles. The fourth-order valence-corrected chi connectivity index (χ4v) is 3.32. The normalized spacial score (nSPS) is 10.5. The Morgan fingerprint density at radius 1 is 1.12 bits per heavy atom. The van der Waals surface area contributed by atoms with Crippen molar-refractivity contribution in [1.82, 2.24) is 15.5 Å². The molecule has 6 nitrogen and oxygen atoms in total. The van der Waals surface area contributed by atoms with Crippen molar-refractivity contribution in [3.8, 4) is 0 Å². The summed E-state index contributed by atoms with van der Waals surface area (Å²) in [4.78, 5) is 24.0. The molecule has 0 fully saturated rings. The molecular formula is C16H19FN4O2S2. The lowest BCUT2D eigenvalue weighted by atomic mass is 10.3. The Kier molecular flexibility index (Phi) is 7.80. The van der Waals surface area contributed by atoms with Crippen molar-refractivity contribution in [2.24, 2.45) is 0 Å². The van der Waals surface area contributed by atoms with Gasteiger partial charge in [-0.15, -0.1) is 10.2 Å². The van der Waals surface area contributed by atoms with Gasteiger partial charge in [-0.2, -0.15) is 11.8 Å². The highest BCUT2D eigenvalue weighted by atomic mass is 32.2. The fraction of sp³-hybridized carbons (Fsp3) is 0.375. The average Bonchev–Trinajstić information content (AvgIpc) is 3.10. The summed E-state index contributed by atoms with van der Waals surface area (Å²) >= 11 is 2.78. The number of hydrogen-bond donors (Lipinski definition) is 2. The van der Waals surface area contributed by atoms with Crippen LogP contribution in [-0.2, 0) is 0 Å². The Balaban J connectivity index is 1.81. The topological polar surface area (TPSA) is 84.0 Å². The zero-order chi connectivity index (χ0) is 18.1. The van der Waals surface area contributed by atoms with E-state index < -0.39 is 5.91 Å². The zero-order valence-electron chi connectivity index (χ0n) is 13.8. The van der Waals surface area contributed by atoms with Crippen molar-refractivity contribution in [2.75, 3.05) is 23.4 Å². The first-order chi connectivity index (χ1) is 12.1. The molecule has 9 heteroatoms. The SMILES string of the molecule is CCCSCCCNC(=O)c1nnc(C(=O)Nc2ccc(F)cc2)s1. The minimum Gasteiger partial charge on any atom is -0.350 e. The molecule has 0 spiro atoms. The molecule has 134 valence electrons. The van der Waals surface area contributed by atoms with E-state index in [9.17, 15) is 14.0 Å². The Bertz CT molecular complexity index is 706. The number of anilines is 1. The van der Waals surface area contributed by atoms with E-state index in [0.29, 0.717) is 12.2 Å². The number of amides is 2. The number of nitrogens with zero attached hydrogens (tertiary/aromatic N) is 2. The molecule has 25 heavy (non-hydrogen) atoms. The first-order valence-corrected chi connectivity index (χ1v) is 9.83. The van der Waals surface area contributed by atoms with Crippen LogP contribution in [0.3, 0.4) is 0 Å². The van der Waals surface area contributed by atoms with E-state index in [4.69, 9.17) is 0 Å². The molecule has 0 aliphatic heterocycles. The highest BCUT2D eigenvalue weighted by Crippen LogP contribution is 2.14. The van der Waals surface area contributed by atoms with Crippen LogP contribution in [0.2, 0.25) is 0 Å². The number of hydrogen-bond acceptors (Lipinski definition) is 6. The number of aromatic nitrogens is 2. The van der Waals surface area contributed by atoms with Gasteiger partial charge in [-0.05, 0) is 48.6 Å². The lowest BCUT2D eigenvalue weighted by Gasteiger charge is -2.02. The van der Waals surface area contributed by atoms with Crippen molar-refractivity contribution in [3.05, 3.63) is 40.1 Å². The summed E-state index contributed by atoms with van der Waals surface area (Å²) in [6.07, 6.45) is 2.03. The lowest BCUT2D eigenvalue weighted by Crippen LogP contribution is -2.24. The maximum absolute atomic E-state index is 12.8. The van der Waals surface area contributed by atoms with Crippen LogP contribution in [0.1, 0.15) is 39.4 Å². The van der Waals surface area contributed by atoms with E-state index in [0.717, 1.165) is 35.7 Å². The van der Waals surface area contributed by atoms with Crippen LogP contribution < -0.4 is 10.6 Å². The maximum atomic E-state index is 12.8. The molecule has 0 aliphatic rings. The third kappa shape index (κ3) is 6.43. The number of rotatable bonds is 9. The summed E-state index contributed by atoms with van der Waals surface area (Å²) in [6, 6.07) is 5.37. The highest BCUT2D eigenvalue weighted by molar-refractivity contribution is 7.99. The number of carbonyl (C=O) groups excluding carboxylic acids is 2. The molecule has 2 rings (SSSR count). The molecule has 2 amide bonds. The Labute approximate surface area is 153 Å². The first kappa shape index (κ1) is 19.3. The van der Waals surface area contributed by atoms with Gasteiger partial charge in [0.05, 0.1) is 0 Å². The largest absolute Gasteiger partial charge is 0.350 e. The van der Waals surface area contributed by atoms with Crippen LogP contribution in [0.4, 0.5) is 10.1 Å². The zero-order valence-corrected chi connectivity index (χ0v) is 15.4. The summed E-state index contributed by atoms with van der Waals surface area (Å²) < 4.78 is 12.8. The Hall–Kier alpha value is -2.00. The van der Waals surface area contributed by atoms with Crippen LogP contribution in [-0.4, -0.2) is 40.1 Å². The van der Waals surface area contributed by atoms with E-state index in [1.165, 1.54) is 24.3 Å². The number of carbonyl (C=O) groups is 2. The van der Waals surface area contributed by atoms with Crippen LogP contribution >= 0.6 is 23.1 Å². The number of benzene rings is 1. The molecule has 0 bridgehead atoms. The quantitative estimate of drug-likeness (QED) is 0.651. The molecular weight excluding hydrogens is 363 g/mol. The minimum absolute atomic E-state index is 0.0768. The second-order valence-corrected chi connectivity index (χ2v) is 7.30. The third-order valence-electron chi connectivity index (χ3n) is 3.02. The molecule has 0 saturated carbocycles. The van der Waals surface area contributed by atoms with Crippen LogP contribution in [0.5, 0.6) is 0 Å². The summed E-state index contributed by atoms with van der Waals surface area (Å²) in [7, 11) is 0. The molecule has 0 saturated heterocycles. The summed E-state index contributed by atoms with van der Waals surface area (Å²) in [5, 5.41) is 13.1. The molecule has 1 heterocycles. The molecule has 2 N–H and O–H groups in total.